The van der Waals surface area contributed by atoms with Gasteiger partial charge in [-0.25, -0.2) is 15.0 Å². The summed E-state index contributed by atoms with van der Waals surface area (Å²) in [5.74, 6) is 0.192. The number of thiol groups is 1. The lowest BCUT2D eigenvalue weighted by Gasteiger charge is -2.17. The lowest BCUT2D eigenvalue weighted by atomic mass is 10.1. The number of hydrogen-bond donors (Lipinski definition) is 5. The minimum Gasteiger partial charge on any atom is -0.387 e. The van der Waals surface area contributed by atoms with Crippen LogP contribution in [-0.2, 0) is 21.1 Å². The number of aliphatic hydroxyl groups is 2. The summed E-state index contributed by atoms with van der Waals surface area (Å²) in [5.41, 5.74) is 3.24. The molecule has 0 saturated carbocycles. The van der Waals surface area contributed by atoms with Crippen molar-refractivity contribution >= 4 is 46.7 Å². The number of rotatable bonds is 4. The van der Waals surface area contributed by atoms with E-state index in [1.807, 2.05) is 0 Å². The molecule has 126 valence electrons. The van der Waals surface area contributed by atoms with Crippen molar-refractivity contribution in [3.8, 4) is 0 Å². The van der Waals surface area contributed by atoms with Gasteiger partial charge in [-0.3, -0.25) is 4.57 Å². The lowest BCUT2D eigenvalue weighted by molar-refractivity contribution is -0.0469. The summed E-state index contributed by atoms with van der Waals surface area (Å²) in [7, 11) is 0. The van der Waals surface area contributed by atoms with E-state index in [2.05, 4.69) is 39.0 Å². The number of ether oxygens (including phenoxy) is 1. The van der Waals surface area contributed by atoms with Gasteiger partial charge in [0.15, 0.2) is 17.7 Å². The number of nitrogen functional groups attached to an aromatic ring is 1. The van der Waals surface area contributed by atoms with Gasteiger partial charge < -0.3 is 30.1 Å². The highest BCUT2D eigenvalue weighted by molar-refractivity contribution is 8.59. The topological polar surface area (TPSA) is 149 Å². The second-order valence-corrected chi connectivity index (χ2v) is 10.1. The maximum atomic E-state index is 10.2. The Morgan fingerprint density at radius 3 is 2.83 bits per heavy atom. The molecule has 2 aromatic heterocycles. The molecule has 5 atom stereocenters. The average molecular weight is 379 g/mol. The number of anilines is 1. The summed E-state index contributed by atoms with van der Waals surface area (Å²) >= 11 is 8.37. The van der Waals surface area contributed by atoms with Gasteiger partial charge in [-0.2, -0.15) is 0 Å². The molecule has 0 bridgehead atoms. The molecule has 0 amide bonds. The van der Waals surface area contributed by atoms with Crippen LogP contribution in [0.15, 0.2) is 12.7 Å². The largest absolute Gasteiger partial charge is 0.387 e. The number of aliphatic hydroxyl groups excluding tert-OH is 2. The quantitative estimate of drug-likeness (QED) is 0.337. The van der Waals surface area contributed by atoms with Crippen molar-refractivity contribution < 1.29 is 24.4 Å². The minimum atomic E-state index is -3.19. The summed E-state index contributed by atoms with van der Waals surface area (Å²) in [6.45, 7) is -0.213. The Kier molecular flexibility index (Phi) is 4.60. The van der Waals surface area contributed by atoms with Gasteiger partial charge in [-0.1, -0.05) is 12.2 Å². The van der Waals surface area contributed by atoms with Crippen LogP contribution >= 0.6 is 17.9 Å². The molecule has 1 unspecified atom stereocenters. The average Bonchev–Trinajstić information content (AvgIpc) is 3.01. The molecule has 13 heteroatoms. The molecule has 0 aromatic carbocycles. The summed E-state index contributed by atoms with van der Waals surface area (Å²) in [4.78, 5) is 21.3. The van der Waals surface area contributed by atoms with Crippen molar-refractivity contribution in [2.45, 2.75) is 24.5 Å². The fraction of sp³-hybridized carbons (Fsp3) is 0.500. The predicted molar refractivity (Wildman–Crippen MR) is 87.1 cm³/mol. The Morgan fingerprint density at radius 2 is 2.13 bits per heavy atom. The highest BCUT2D eigenvalue weighted by Gasteiger charge is 2.44. The highest BCUT2D eigenvalue weighted by Crippen LogP contribution is 2.48. The zero-order chi connectivity index (χ0) is 16.8. The van der Waals surface area contributed by atoms with Crippen LogP contribution in [0, 0.1) is 0 Å². The number of hydrogen-bond acceptors (Lipinski definition) is 9. The number of fused-ring (bicyclic) bond motifs is 1. The standard InChI is InChI=1S/C10H14N5O5PS2/c11-8-5-9(13-2-12-8)15(3-14-5)10-7(17)6(16)4(20-10)1-19-21(18,22)23/h2-4,6-7,10,16-17H,1H2,(H2,11,12,13)(H2,18,22,23)/t4-,6+,7+,10-/m0/s1. The second-order valence-electron chi connectivity index (χ2n) is 4.92. The molecule has 1 aliphatic heterocycles. The molecule has 0 aliphatic carbocycles. The number of nitrogens with two attached hydrogens (primary N) is 1. The molecule has 23 heavy (non-hydrogen) atoms. The molecule has 0 radical (unpaired) electrons. The third-order valence-electron chi connectivity index (χ3n) is 3.41. The number of aromatic nitrogens is 4. The van der Waals surface area contributed by atoms with Crippen LogP contribution in [-0.4, -0.2) is 59.5 Å². The predicted octanol–water partition coefficient (Wildman–Crippen LogP) is -0.809. The monoisotopic (exact) mass is 379 g/mol. The van der Waals surface area contributed by atoms with E-state index in [1.54, 1.807) is 0 Å². The van der Waals surface area contributed by atoms with Crippen LogP contribution in [0.2, 0.25) is 0 Å². The minimum absolute atomic E-state index is 0.192. The molecular weight excluding hydrogens is 365 g/mol. The Bertz CT molecular complexity index is 769. The Balaban J connectivity index is 1.85. The summed E-state index contributed by atoms with van der Waals surface area (Å²) in [6.07, 6.45) is -1.70. The van der Waals surface area contributed by atoms with Gasteiger partial charge in [0.2, 0.25) is 5.69 Å². The van der Waals surface area contributed by atoms with Crippen molar-refractivity contribution in [3.63, 3.8) is 0 Å². The summed E-state index contributed by atoms with van der Waals surface area (Å²) in [6, 6.07) is 0. The highest BCUT2D eigenvalue weighted by atomic mass is 32.9. The van der Waals surface area contributed by atoms with Crippen LogP contribution < -0.4 is 5.73 Å². The van der Waals surface area contributed by atoms with Gasteiger partial charge in [0.1, 0.15) is 30.2 Å². The molecule has 1 aliphatic rings. The first-order valence-corrected chi connectivity index (χ1v) is 10.2. The fourth-order valence-electron chi connectivity index (χ4n) is 2.32. The van der Waals surface area contributed by atoms with E-state index < -0.39 is 30.2 Å². The summed E-state index contributed by atoms with van der Waals surface area (Å²) < 4.78 is 12.0. The van der Waals surface area contributed by atoms with Crippen LogP contribution in [0.5, 0.6) is 0 Å². The van der Waals surface area contributed by atoms with Gasteiger partial charge in [0, 0.05) is 0 Å². The molecule has 0 spiro atoms. The third kappa shape index (κ3) is 3.35. The molecule has 3 rings (SSSR count). The van der Waals surface area contributed by atoms with Crippen molar-refractivity contribution in [2.75, 3.05) is 12.3 Å². The van der Waals surface area contributed by atoms with Gasteiger partial charge in [0.05, 0.1) is 12.9 Å². The molecule has 1 saturated heterocycles. The molecule has 2 aromatic rings. The first-order chi connectivity index (χ1) is 10.8. The van der Waals surface area contributed by atoms with E-state index in [4.69, 9.17) is 15.0 Å². The Labute approximate surface area is 140 Å². The van der Waals surface area contributed by atoms with Crippen LogP contribution in [0.4, 0.5) is 5.82 Å². The van der Waals surface area contributed by atoms with Gasteiger partial charge in [-0.05, 0) is 11.8 Å². The van der Waals surface area contributed by atoms with Crippen molar-refractivity contribution in [2.24, 2.45) is 0 Å². The number of imidazole rings is 1. The Hall–Kier alpha value is -0.850. The van der Waals surface area contributed by atoms with Crippen molar-refractivity contribution in [1.29, 1.82) is 0 Å². The van der Waals surface area contributed by atoms with Crippen LogP contribution in [0.1, 0.15) is 6.23 Å². The van der Waals surface area contributed by atoms with E-state index in [0.717, 1.165) is 0 Å². The Morgan fingerprint density at radius 1 is 1.39 bits per heavy atom. The SMILES string of the molecule is Nc1ncnc2c1ncn2[C@H]1O[C@@H](COP(O)(=S)S)[C@@H](O)[C@H]1O. The van der Waals surface area contributed by atoms with E-state index in [1.165, 1.54) is 17.2 Å². The van der Waals surface area contributed by atoms with Crippen LogP contribution in [0.25, 0.3) is 11.2 Å². The fourth-order valence-corrected chi connectivity index (χ4v) is 3.05. The maximum Gasteiger partial charge on any atom is 0.241 e. The maximum absolute atomic E-state index is 10.2. The molecule has 10 nitrogen and oxygen atoms in total. The lowest BCUT2D eigenvalue weighted by Crippen LogP contribution is -2.33. The summed E-state index contributed by atoms with van der Waals surface area (Å²) in [5, 5.41) is 20.3. The van der Waals surface area contributed by atoms with Crippen molar-refractivity contribution in [3.05, 3.63) is 12.7 Å². The molecular formula is C10H14N5O5PS2. The number of nitrogens with zero attached hydrogens (tertiary/aromatic N) is 4. The van der Waals surface area contributed by atoms with Gasteiger partial charge in [-0.15, -0.1) is 0 Å². The van der Waals surface area contributed by atoms with Crippen molar-refractivity contribution in [1.82, 2.24) is 19.5 Å². The first-order valence-electron chi connectivity index (χ1n) is 6.42. The van der Waals surface area contributed by atoms with E-state index >= 15 is 0 Å². The van der Waals surface area contributed by atoms with Gasteiger partial charge in [0.25, 0.3) is 0 Å². The van der Waals surface area contributed by atoms with E-state index in [-0.39, 0.29) is 12.4 Å². The third-order valence-corrected chi connectivity index (χ3v) is 4.55. The second kappa shape index (κ2) is 6.22. The zero-order valence-electron chi connectivity index (χ0n) is 11.5. The normalized spacial score (nSPS) is 30.6. The molecule has 3 heterocycles. The first kappa shape index (κ1) is 17.0. The van der Waals surface area contributed by atoms with E-state index in [9.17, 15) is 15.1 Å². The van der Waals surface area contributed by atoms with Gasteiger partial charge >= 0.3 is 0 Å². The zero-order valence-corrected chi connectivity index (χ0v) is 14.1. The molecule has 1 fully saturated rings. The smallest absolute Gasteiger partial charge is 0.241 e. The van der Waals surface area contributed by atoms with E-state index in [0.29, 0.717) is 11.2 Å². The van der Waals surface area contributed by atoms with Crippen LogP contribution in [0.3, 0.4) is 0 Å². The molecule has 5 N–H and O–H groups in total.